The van der Waals surface area contributed by atoms with Crippen molar-refractivity contribution in [3.63, 3.8) is 0 Å². The van der Waals surface area contributed by atoms with E-state index in [2.05, 4.69) is 29.6 Å². The third-order valence-electron chi connectivity index (χ3n) is 5.53. The Labute approximate surface area is 172 Å². The van der Waals surface area contributed by atoms with Gasteiger partial charge in [-0.3, -0.25) is 4.79 Å². The van der Waals surface area contributed by atoms with Crippen LogP contribution in [0.2, 0.25) is 0 Å². The second kappa shape index (κ2) is 10.2. The maximum Gasteiger partial charge on any atom is 0.224 e. The van der Waals surface area contributed by atoms with Crippen LogP contribution in [-0.2, 0) is 11.2 Å². The van der Waals surface area contributed by atoms with Crippen LogP contribution in [0.15, 0.2) is 42.5 Å². The van der Waals surface area contributed by atoms with Gasteiger partial charge in [0.05, 0.1) is 47.4 Å². The molecule has 0 saturated carbocycles. The molecule has 1 heterocycles. The van der Waals surface area contributed by atoms with E-state index in [1.807, 2.05) is 18.2 Å². The smallest absolute Gasteiger partial charge is 0.224 e. The molecule has 3 rings (SSSR count). The van der Waals surface area contributed by atoms with Crippen molar-refractivity contribution in [3.05, 3.63) is 53.6 Å². The Hall–Kier alpha value is -2.73. The summed E-state index contributed by atoms with van der Waals surface area (Å²) < 4.78 is 16.1. The molecule has 2 aromatic rings. The fraction of sp³-hybridized carbons (Fsp3) is 0.435. The van der Waals surface area contributed by atoms with Gasteiger partial charge in [0.1, 0.15) is 6.04 Å². The van der Waals surface area contributed by atoms with Crippen LogP contribution in [0.3, 0.4) is 0 Å². The number of nitrogens with one attached hydrogen (secondary N) is 2. The molecule has 1 aliphatic rings. The number of rotatable bonds is 9. The zero-order chi connectivity index (χ0) is 20.6. The first-order chi connectivity index (χ1) is 14.2. The summed E-state index contributed by atoms with van der Waals surface area (Å²) in [6, 6.07) is 14.4. The van der Waals surface area contributed by atoms with Crippen molar-refractivity contribution in [2.45, 2.75) is 25.3 Å². The highest BCUT2D eigenvalue weighted by molar-refractivity contribution is 5.79. The van der Waals surface area contributed by atoms with Crippen LogP contribution >= 0.6 is 0 Å². The van der Waals surface area contributed by atoms with Crippen LogP contribution in [0, 0.1) is 0 Å². The summed E-state index contributed by atoms with van der Waals surface area (Å²) in [7, 11) is 4.71. The van der Waals surface area contributed by atoms with Crippen LogP contribution in [0.1, 0.15) is 30.0 Å². The molecule has 1 amide bonds. The SMILES string of the molecule is COc1cc(CC(=O)NC[C@H](c2ccccc2)[NH+]2CCCC2)cc(OC)c1OC. The molecule has 2 N–H and O–H groups in total. The predicted molar refractivity (Wildman–Crippen MR) is 112 cm³/mol. The Morgan fingerprint density at radius 3 is 2.17 bits per heavy atom. The summed E-state index contributed by atoms with van der Waals surface area (Å²) in [5, 5.41) is 3.14. The Kier molecular flexibility index (Phi) is 7.36. The molecule has 29 heavy (non-hydrogen) atoms. The second-order valence-electron chi connectivity index (χ2n) is 7.34. The Balaban J connectivity index is 1.68. The van der Waals surface area contributed by atoms with Gasteiger partial charge in [-0.1, -0.05) is 30.3 Å². The molecular weight excluding hydrogens is 368 g/mol. The van der Waals surface area contributed by atoms with Gasteiger partial charge in [-0.25, -0.2) is 0 Å². The standard InChI is InChI=1S/C23H30N2O4/c1-27-20-13-17(14-21(28-2)23(20)29-3)15-22(26)24-16-19(25-11-7-8-12-25)18-9-5-4-6-10-18/h4-6,9-10,13-14,19H,7-8,11-12,15-16H2,1-3H3,(H,24,26)/p+1/t19-/m1/s1. The van der Waals surface area contributed by atoms with Gasteiger partial charge in [0, 0.05) is 18.4 Å². The first-order valence-electron chi connectivity index (χ1n) is 10.1. The average molecular weight is 400 g/mol. The van der Waals surface area contributed by atoms with Crippen LogP contribution < -0.4 is 24.4 Å². The quantitative estimate of drug-likeness (QED) is 0.675. The number of carbonyl (C=O) groups excluding carboxylic acids is 1. The molecule has 6 nitrogen and oxygen atoms in total. The third-order valence-corrected chi connectivity index (χ3v) is 5.53. The number of hydrogen-bond acceptors (Lipinski definition) is 4. The van der Waals surface area contributed by atoms with Crippen LogP contribution in [0.25, 0.3) is 0 Å². The molecule has 1 atom stereocenters. The third kappa shape index (κ3) is 5.21. The fourth-order valence-electron chi connectivity index (χ4n) is 4.06. The predicted octanol–water partition coefficient (Wildman–Crippen LogP) is 1.79. The van der Waals surface area contributed by atoms with Crippen molar-refractivity contribution >= 4 is 5.91 Å². The van der Waals surface area contributed by atoms with E-state index in [0.717, 1.165) is 18.7 Å². The minimum atomic E-state index is -0.0150. The number of amides is 1. The van der Waals surface area contributed by atoms with Gasteiger partial charge in [-0.15, -0.1) is 0 Å². The number of likely N-dealkylation sites (tertiary alicyclic amines) is 1. The van der Waals surface area contributed by atoms with Crippen molar-refractivity contribution in [3.8, 4) is 17.2 Å². The molecule has 0 aromatic heterocycles. The number of methoxy groups -OCH3 is 3. The largest absolute Gasteiger partial charge is 0.493 e. The molecule has 156 valence electrons. The normalized spacial score (nSPS) is 15.0. The Bertz CT molecular complexity index is 779. The van der Waals surface area contributed by atoms with Crippen molar-refractivity contribution in [2.24, 2.45) is 0 Å². The number of hydrogen-bond donors (Lipinski definition) is 2. The fourth-order valence-corrected chi connectivity index (χ4v) is 4.06. The molecule has 1 saturated heterocycles. The Morgan fingerprint density at radius 2 is 1.62 bits per heavy atom. The molecule has 0 spiro atoms. The van der Waals surface area contributed by atoms with E-state index < -0.39 is 0 Å². The maximum atomic E-state index is 12.7. The lowest BCUT2D eigenvalue weighted by Gasteiger charge is -2.25. The van der Waals surface area contributed by atoms with Crippen molar-refractivity contribution in [2.75, 3.05) is 41.0 Å². The highest BCUT2D eigenvalue weighted by Gasteiger charge is 2.27. The van der Waals surface area contributed by atoms with Crippen molar-refractivity contribution in [1.82, 2.24) is 5.32 Å². The number of carbonyl (C=O) groups is 1. The number of benzene rings is 2. The molecule has 6 heteroatoms. The van der Waals surface area contributed by atoms with Crippen molar-refractivity contribution in [1.29, 1.82) is 0 Å². The summed E-state index contributed by atoms with van der Waals surface area (Å²) in [5.74, 6) is 1.62. The van der Waals surface area contributed by atoms with E-state index in [1.54, 1.807) is 26.2 Å². The summed E-state index contributed by atoms with van der Waals surface area (Å²) in [6.45, 7) is 2.94. The van der Waals surface area contributed by atoms with Gasteiger partial charge in [0.15, 0.2) is 11.5 Å². The van der Waals surface area contributed by atoms with E-state index in [-0.39, 0.29) is 18.4 Å². The lowest BCUT2D eigenvalue weighted by Crippen LogP contribution is -3.11. The monoisotopic (exact) mass is 399 g/mol. The van der Waals surface area contributed by atoms with E-state index in [9.17, 15) is 4.79 Å². The summed E-state index contributed by atoms with van der Waals surface area (Å²) in [5.41, 5.74) is 2.10. The van der Waals surface area contributed by atoms with E-state index in [4.69, 9.17) is 14.2 Å². The second-order valence-corrected chi connectivity index (χ2v) is 7.34. The first-order valence-corrected chi connectivity index (χ1v) is 10.1. The van der Waals surface area contributed by atoms with Gasteiger partial charge in [0.25, 0.3) is 0 Å². The maximum absolute atomic E-state index is 12.7. The van der Waals surface area contributed by atoms with Crippen LogP contribution in [0.5, 0.6) is 17.2 Å². The van der Waals surface area contributed by atoms with Gasteiger partial charge in [0.2, 0.25) is 11.7 Å². The Morgan fingerprint density at radius 1 is 1.00 bits per heavy atom. The van der Waals surface area contributed by atoms with Gasteiger partial charge in [-0.05, 0) is 17.7 Å². The molecule has 1 fully saturated rings. The van der Waals surface area contributed by atoms with Crippen LogP contribution in [-0.4, -0.2) is 46.9 Å². The van der Waals surface area contributed by atoms with E-state index in [1.165, 1.54) is 18.4 Å². The topological polar surface area (TPSA) is 61.2 Å². The number of quaternary nitrogens is 1. The van der Waals surface area contributed by atoms with Gasteiger partial charge >= 0.3 is 0 Å². The first kappa shape index (κ1) is 21.0. The van der Waals surface area contributed by atoms with Gasteiger partial charge < -0.3 is 24.4 Å². The molecule has 0 unspecified atom stereocenters. The molecule has 2 aromatic carbocycles. The zero-order valence-corrected chi connectivity index (χ0v) is 17.5. The zero-order valence-electron chi connectivity index (χ0n) is 17.5. The molecule has 0 aliphatic carbocycles. The molecule has 0 radical (unpaired) electrons. The van der Waals surface area contributed by atoms with Gasteiger partial charge in [-0.2, -0.15) is 0 Å². The lowest BCUT2D eigenvalue weighted by molar-refractivity contribution is -0.918. The summed E-state index contributed by atoms with van der Waals surface area (Å²) >= 11 is 0. The van der Waals surface area contributed by atoms with Crippen LogP contribution in [0.4, 0.5) is 0 Å². The van der Waals surface area contributed by atoms with Crippen molar-refractivity contribution < 1.29 is 23.9 Å². The molecular formula is C23H31N2O4+. The lowest BCUT2D eigenvalue weighted by atomic mass is 10.1. The average Bonchev–Trinajstić information content (AvgIpc) is 3.28. The minimum absolute atomic E-state index is 0.0150. The summed E-state index contributed by atoms with van der Waals surface area (Å²) in [4.78, 5) is 14.2. The minimum Gasteiger partial charge on any atom is -0.493 e. The van der Waals surface area contributed by atoms with E-state index >= 15 is 0 Å². The molecule has 0 bridgehead atoms. The van der Waals surface area contributed by atoms with E-state index in [0.29, 0.717) is 23.8 Å². The summed E-state index contributed by atoms with van der Waals surface area (Å²) in [6.07, 6.45) is 2.75. The molecule has 1 aliphatic heterocycles. The highest BCUT2D eigenvalue weighted by atomic mass is 16.5. The number of ether oxygens (including phenoxy) is 3. The highest BCUT2D eigenvalue weighted by Crippen LogP contribution is 2.38.